The van der Waals surface area contributed by atoms with Crippen molar-refractivity contribution >= 4 is 11.8 Å². The number of hydrogen-bond donors (Lipinski definition) is 0. The summed E-state index contributed by atoms with van der Waals surface area (Å²) in [6.45, 7) is 0. The monoisotopic (exact) mass is 277 g/mol. The van der Waals surface area contributed by atoms with Crippen LogP contribution in [-0.4, -0.2) is 16.0 Å². The molecule has 2 aromatic heterocycles. The largest absolute Gasteiger partial charge is 0.356 e. The van der Waals surface area contributed by atoms with Crippen molar-refractivity contribution in [3.05, 3.63) is 60.2 Å². The Kier molecular flexibility index (Phi) is 3.18. The van der Waals surface area contributed by atoms with Gasteiger partial charge in [0.2, 0.25) is 0 Å². The summed E-state index contributed by atoms with van der Waals surface area (Å²) in [5.74, 6) is 0. The van der Waals surface area contributed by atoms with Gasteiger partial charge in [-0.3, -0.25) is 9.97 Å². The summed E-state index contributed by atoms with van der Waals surface area (Å²) in [5, 5.41) is 0. The molecule has 1 aliphatic heterocycles. The summed E-state index contributed by atoms with van der Waals surface area (Å²) in [6, 6.07) is 7.27. The van der Waals surface area contributed by atoms with Crippen molar-refractivity contribution in [2.75, 3.05) is 4.90 Å². The lowest BCUT2D eigenvalue weighted by Gasteiger charge is -2.40. The summed E-state index contributed by atoms with van der Waals surface area (Å²) in [7, 11) is 0. The Labute approximate surface area is 125 Å². The number of pyridine rings is 2. The molecule has 2 aromatic rings. The maximum Gasteiger partial charge on any atom is 0.0734 e. The normalized spacial score (nSPS) is 21.5. The molecule has 2 aliphatic rings. The van der Waals surface area contributed by atoms with Gasteiger partial charge in [0, 0.05) is 30.2 Å². The van der Waals surface area contributed by atoms with Crippen LogP contribution in [0.25, 0.3) is 6.08 Å². The van der Waals surface area contributed by atoms with Crippen LogP contribution >= 0.6 is 0 Å². The maximum atomic E-state index is 4.36. The second kappa shape index (κ2) is 5.32. The first-order chi connectivity index (χ1) is 10.4. The van der Waals surface area contributed by atoms with E-state index in [-0.39, 0.29) is 0 Å². The van der Waals surface area contributed by atoms with Crippen LogP contribution in [0, 0.1) is 0 Å². The summed E-state index contributed by atoms with van der Waals surface area (Å²) >= 11 is 0. The SMILES string of the molecule is C1=CC(c2ccncc2)N(C2CCCC2)c2cnccc21. The molecular formula is C18H19N3. The van der Waals surface area contributed by atoms with Crippen molar-refractivity contribution in [1.29, 1.82) is 0 Å². The molecule has 106 valence electrons. The van der Waals surface area contributed by atoms with E-state index in [1.807, 2.05) is 24.8 Å². The van der Waals surface area contributed by atoms with Crippen LogP contribution in [0.15, 0.2) is 49.1 Å². The fraction of sp³-hybridized carbons (Fsp3) is 0.333. The van der Waals surface area contributed by atoms with E-state index in [1.165, 1.54) is 42.5 Å². The molecule has 3 heteroatoms. The number of nitrogens with zero attached hydrogens (tertiary/aromatic N) is 3. The van der Waals surface area contributed by atoms with Gasteiger partial charge in [0.25, 0.3) is 0 Å². The zero-order valence-electron chi connectivity index (χ0n) is 12.0. The number of aromatic nitrogens is 2. The van der Waals surface area contributed by atoms with Gasteiger partial charge in [-0.1, -0.05) is 25.0 Å². The molecule has 0 bridgehead atoms. The molecule has 1 unspecified atom stereocenters. The van der Waals surface area contributed by atoms with Crippen molar-refractivity contribution in [1.82, 2.24) is 9.97 Å². The third kappa shape index (κ3) is 2.23. The highest BCUT2D eigenvalue weighted by Crippen LogP contribution is 2.40. The quantitative estimate of drug-likeness (QED) is 0.831. The molecule has 0 spiro atoms. The van der Waals surface area contributed by atoms with Crippen LogP contribution in [-0.2, 0) is 0 Å². The second-order valence-corrected chi connectivity index (χ2v) is 5.86. The molecule has 21 heavy (non-hydrogen) atoms. The molecule has 1 fully saturated rings. The first-order valence-electron chi connectivity index (χ1n) is 7.74. The highest BCUT2D eigenvalue weighted by molar-refractivity contribution is 5.72. The number of anilines is 1. The number of rotatable bonds is 2. The zero-order chi connectivity index (χ0) is 14.1. The molecular weight excluding hydrogens is 258 g/mol. The highest BCUT2D eigenvalue weighted by Gasteiger charge is 2.31. The molecule has 1 atom stereocenters. The molecule has 0 N–H and O–H groups in total. The molecule has 3 nitrogen and oxygen atoms in total. The minimum atomic E-state index is 0.299. The Balaban J connectivity index is 1.80. The van der Waals surface area contributed by atoms with E-state index >= 15 is 0 Å². The van der Waals surface area contributed by atoms with Crippen LogP contribution in [0.2, 0.25) is 0 Å². The Morgan fingerprint density at radius 1 is 0.952 bits per heavy atom. The van der Waals surface area contributed by atoms with Gasteiger partial charge >= 0.3 is 0 Å². The van der Waals surface area contributed by atoms with E-state index in [0.29, 0.717) is 12.1 Å². The number of fused-ring (bicyclic) bond motifs is 1. The Hall–Kier alpha value is -2.16. The molecule has 1 saturated carbocycles. The van der Waals surface area contributed by atoms with Crippen LogP contribution in [0.1, 0.15) is 42.9 Å². The summed E-state index contributed by atoms with van der Waals surface area (Å²) in [5.41, 5.74) is 3.86. The molecule has 0 saturated heterocycles. The van der Waals surface area contributed by atoms with E-state index in [9.17, 15) is 0 Å². The molecule has 1 aliphatic carbocycles. The molecule has 3 heterocycles. The second-order valence-electron chi connectivity index (χ2n) is 5.86. The predicted octanol–water partition coefficient (Wildman–Crippen LogP) is 3.99. The van der Waals surface area contributed by atoms with E-state index in [2.05, 4.69) is 45.2 Å². The minimum Gasteiger partial charge on any atom is -0.356 e. The lowest BCUT2D eigenvalue weighted by atomic mass is 9.96. The van der Waals surface area contributed by atoms with Crippen LogP contribution in [0.3, 0.4) is 0 Å². The fourth-order valence-corrected chi connectivity index (χ4v) is 3.63. The lowest BCUT2D eigenvalue weighted by Crippen LogP contribution is -2.38. The van der Waals surface area contributed by atoms with Crippen molar-refractivity contribution < 1.29 is 0 Å². The van der Waals surface area contributed by atoms with Crippen molar-refractivity contribution in [2.45, 2.75) is 37.8 Å². The Morgan fingerprint density at radius 2 is 1.71 bits per heavy atom. The predicted molar refractivity (Wildman–Crippen MR) is 85.0 cm³/mol. The number of hydrogen-bond acceptors (Lipinski definition) is 3. The minimum absolute atomic E-state index is 0.299. The van der Waals surface area contributed by atoms with Gasteiger partial charge in [-0.2, -0.15) is 0 Å². The van der Waals surface area contributed by atoms with Gasteiger partial charge in [0.05, 0.1) is 17.9 Å². The highest BCUT2D eigenvalue weighted by atomic mass is 15.2. The van der Waals surface area contributed by atoms with E-state index in [4.69, 9.17) is 0 Å². The molecule has 4 rings (SSSR count). The average Bonchev–Trinajstić information content (AvgIpc) is 3.08. The molecule has 0 amide bonds. The van der Waals surface area contributed by atoms with Crippen LogP contribution < -0.4 is 4.90 Å². The van der Waals surface area contributed by atoms with Gasteiger partial charge in [0.15, 0.2) is 0 Å². The van der Waals surface area contributed by atoms with Crippen LogP contribution in [0.5, 0.6) is 0 Å². The van der Waals surface area contributed by atoms with Crippen LogP contribution in [0.4, 0.5) is 5.69 Å². The van der Waals surface area contributed by atoms with Crippen molar-refractivity contribution in [3.8, 4) is 0 Å². The standard InChI is InChI=1S/C18H19N3/c1-2-4-16(3-1)21-17(15-7-10-19-11-8-15)6-5-14-9-12-20-13-18(14)21/h5-13,16-17H,1-4H2. The van der Waals surface area contributed by atoms with Gasteiger partial charge in [-0.15, -0.1) is 0 Å². The maximum absolute atomic E-state index is 4.36. The van der Waals surface area contributed by atoms with Gasteiger partial charge in [0.1, 0.15) is 0 Å². The van der Waals surface area contributed by atoms with Gasteiger partial charge in [-0.25, -0.2) is 0 Å². The third-order valence-electron chi connectivity index (χ3n) is 4.63. The fourth-order valence-electron chi connectivity index (χ4n) is 3.63. The zero-order valence-corrected chi connectivity index (χ0v) is 12.0. The smallest absolute Gasteiger partial charge is 0.0734 e. The summed E-state index contributed by atoms with van der Waals surface area (Å²) in [6.07, 6.45) is 17.4. The van der Waals surface area contributed by atoms with Crippen molar-refractivity contribution in [3.63, 3.8) is 0 Å². The third-order valence-corrected chi connectivity index (χ3v) is 4.63. The lowest BCUT2D eigenvalue weighted by molar-refractivity contribution is 0.566. The summed E-state index contributed by atoms with van der Waals surface area (Å²) in [4.78, 5) is 11.1. The Morgan fingerprint density at radius 3 is 2.52 bits per heavy atom. The summed E-state index contributed by atoms with van der Waals surface area (Å²) < 4.78 is 0. The Bertz CT molecular complexity index is 645. The van der Waals surface area contributed by atoms with E-state index < -0.39 is 0 Å². The first-order valence-corrected chi connectivity index (χ1v) is 7.74. The average molecular weight is 277 g/mol. The van der Waals surface area contributed by atoms with Gasteiger partial charge in [-0.05, 0) is 36.6 Å². The van der Waals surface area contributed by atoms with Crippen molar-refractivity contribution in [2.24, 2.45) is 0 Å². The molecule has 0 radical (unpaired) electrons. The van der Waals surface area contributed by atoms with E-state index in [0.717, 1.165) is 0 Å². The topological polar surface area (TPSA) is 29.0 Å². The van der Waals surface area contributed by atoms with E-state index in [1.54, 1.807) is 0 Å². The van der Waals surface area contributed by atoms with Gasteiger partial charge < -0.3 is 4.90 Å². The first kappa shape index (κ1) is 12.6. The molecule has 0 aromatic carbocycles.